The Bertz CT molecular complexity index is 881. The van der Waals surface area contributed by atoms with Crippen LogP contribution in [-0.2, 0) is 6.54 Å². The number of para-hydroxylation sites is 1. The minimum atomic E-state index is -0.277. The average Bonchev–Trinajstić information content (AvgIpc) is 2.73. The van der Waals surface area contributed by atoms with Crippen molar-refractivity contribution in [3.05, 3.63) is 59.4 Å². The number of nitrogens with two attached hydrogens (primary N) is 1. The van der Waals surface area contributed by atoms with Gasteiger partial charge in [0.25, 0.3) is 0 Å². The van der Waals surface area contributed by atoms with Crippen LogP contribution in [-0.4, -0.2) is 36.9 Å². The molecule has 29 heavy (non-hydrogen) atoms. The number of rotatable bonds is 4. The van der Waals surface area contributed by atoms with Gasteiger partial charge in [-0.25, -0.2) is 9.38 Å². The molecular weight excluding hydrogens is 371 g/mol. The van der Waals surface area contributed by atoms with E-state index in [-0.39, 0.29) is 18.0 Å². The van der Waals surface area contributed by atoms with Gasteiger partial charge in [-0.3, -0.25) is 0 Å². The monoisotopic (exact) mass is 398 g/mol. The van der Waals surface area contributed by atoms with Gasteiger partial charge < -0.3 is 25.8 Å². The summed E-state index contributed by atoms with van der Waals surface area (Å²) in [7, 11) is 0. The molecule has 0 spiro atoms. The second kappa shape index (κ2) is 8.69. The number of nitrogens with zero attached hydrogens (tertiary/aromatic N) is 2. The Labute approximate surface area is 170 Å². The van der Waals surface area contributed by atoms with Crippen molar-refractivity contribution in [3.8, 4) is 5.75 Å². The molecule has 0 aliphatic carbocycles. The first-order valence-corrected chi connectivity index (χ1v) is 10.1. The van der Waals surface area contributed by atoms with Crippen molar-refractivity contribution in [2.75, 3.05) is 24.6 Å². The highest BCUT2D eigenvalue weighted by Gasteiger charge is 2.22. The van der Waals surface area contributed by atoms with E-state index in [9.17, 15) is 9.50 Å². The summed E-state index contributed by atoms with van der Waals surface area (Å²) in [5.74, 6) is 0.937. The van der Waals surface area contributed by atoms with E-state index in [1.54, 1.807) is 6.07 Å². The number of guanidine groups is 1. The van der Waals surface area contributed by atoms with Crippen molar-refractivity contribution in [3.63, 3.8) is 0 Å². The van der Waals surface area contributed by atoms with Crippen LogP contribution in [0.2, 0.25) is 0 Å². The Morgan fingerprint density at radius 2 is 2.00 bits per heavy atom. The number of aliphatic imine (C=N–C) groups is 1. The summed E-state index contributed by atoms with van der Waals surface area (Å²) < 4.78 is 20.2. The molecule has 1 unspecified atom stereocenters. The molecule has 1 atom stereocenters. The average molecular weight is 398 g/mol. The normalized spacial score (nSPS) is 20.1. The molecule has 0 amide bonds. The highest BCUT2D eigenvalue weighted by molar-refractivity contribution is 5.78. The molecule has 7 heteroatoms. The van der Waals surface area contributed by atoms with Crippen LogP contribution in [0.15, 0.2) is 47.5 Å². The highest BCUT2D eigenvalue weighted by Crippen LogP contribution is 2.31. The summed E-state index contributed by atoms with van der Waals surface area (Å²) in [6.07, 6.45) is 1.87. The van der Waals surface area contributed by atoms with Crippen LogP contribution < -0.4 is 20.7 Å². The fourth-order valence-corrected chi connectivity index (χ4v) is 3.90. The van der Waals surface area contributed by atoms with Crippen molar-refractivity contribution in [1.82, 2.24) is 5.32 Å². The number of benzene rings is 2. The van der Waals surface area contributed by atoms with E-state index >= 15 is 0 Å². The van der Waals surface area contributed by atoms with Crippen LogP contribution in [0.25, 0.3) is 0 Å². The molecule has 154 valence electrons. The Morgan fingerprint density at radius 1 is 1.21 bits per heavy atom. The maximum atomic E-state index is 14.6. The lowest BCUT2D eigenvalue weighted by Crippen LogP contribution is -2.37. The summed E-state index contributed by atoms with van der Waals surface area (Å²) in [4.78, 5) is 6.36. The van der Waals surface area contributed by atoms with E-state index in [0.29, 0.717) is 50.7 Å². The quantitative estimate of drug-likeness (QED) is 0.545. The molecule has 0 saturated carbocycles. The first-order chi connectivity index (χ1) is 14.1. The second-order valence-electron chi connectivity index (χ2n) is 7.58. The van der Waals surface area contributed by atoms with E-state index in [4.69, 9.17) is 10.5 Å². The highest BCUT2D eigenvalue weighted by atomic mass is 19.1. The zero-order valence-corrected chi connectivity index (χ0v) is 16.4. The SMILES string of the molecule is NC(=NCc1ccc(N2CCC(O)CC2)c(F)c1)NC1CCOc2ccccc21. The van der Waals surface area contributed by atoms with E-state index in [1.165, 1.54) is 6.07 Å². The van der Waals surface area contributed by atoms with Crippen molar-refractivity contribution >= 4 is 11.6 Å². The van der Waals surface area contributed by atoms with Gasteiger partial charge in [0.1, 0.15) is 11.6 Å². The molecule has 1 saturated heterocycles. The zero-order valence-electron chi connectivity index (χ0n) is 16.4. The molecule has 2 aromatic rings. The van der Waals surface area contributed by atoms with Gasteiger partial charge in [0.05, 0.1) is 31.0 Å². The van der Waals surface area contributed by atoms with Crippen molar-refractivity contribution in [2.24, 2.45) is 10.7 Å². The molecule has 2 aromatic carbocycles. The van der Waals surface area contributed by atoms with Crippen molar-refractivity contribution in [2.45, 2.75) is 38.0 Å². The molecule has 6 nitrogen and oxygen atoms in total. The Balaban J connectivity index is 1.38. The molecular formula is C22H27FN4O2. The van der Waals surface area contributed by atoms with Gasteiger partial charge in [0, 0.05) is 25.1 Å². The smallest absolute Gasteiger partial charge is 0.189 e. The van der Waals surface area contributed by atoms with Crippen molar-refractivity contribution < 1.29 is 14.2 Å². The van der Waals surface area contributed by atoms with Crippen LogP contribution in [0.4, 0.5) is 10.1 Å². The summed E-state index contributed by atoms with van der Waals surface area (Å²) in [5, 5.41) is 12.9. The predicted octanol–water partition coefficient (Wildman–Crippen LogP) is 2.71. The summed E-state index contributed by atoms with van der Waals surface area (Å²) in [6, 6.07) is 13.1. The fourth-order valence-electron chi connectivity index (χ4n) is 3.90. The van der Waals surface area contributed by atoms with E-state index in [1.807, 2.05) is 35.2 Å². The number of hydrogen-bond donors (Lipinski definition) is 3. The van der Waals surface area contributed by atoms with Crippen LogP contribution in [0.3, 0.4) is 0 Å². The lowest BCUT2D eigenvalue weighted by atomic mass is 10.0. The lowest BCUT2D eigenvalue weighted by Gasteiger charge is -2.31. The molecule has 4 N–H and O–H groups in total. The predicted molar refractivity (Wildman–Crippen MR) is 112 cm³/mol. The lowest BCUT2D eigenvalue weighted by molar-refractivity contribution is 0.145. The molecule has 4 rings (SSSR count). The summed E-state index contributed by atoms with van der Waals surface area (Å²) in [5.41, 5.74) is 8.49. The maximum Gasteiger partial charge on any atom is 0.189 e. The Kier molecular flexibility index (Phi) is 5.85. The largest absolute Gasteiger partial charge is 0.493 e. The van der Waals surface area contributed by atoms with Crippen molar-refractivity contribution in [1.29, 1.82) is 0 Å². The molecule has 1 fully saturated rings. The number of hydrogen-bond acceptors (Lipinski definition) is 4. The van der Waals surface area contributed by atoms with E-state index < -0.39 is 0 Å². The number of piperidine rings is 1. The molecule has 0 bridgehead atoms. The van der Waals surface area contributed by atoms with Gasteiger partial charge in [-0.05, 0) is 36.6 Å². The van der Waals surface area contributed by atoms with E-state index in [0.717, 1.165) is 23.3 Å². The van der Waals surface area contributed by atoms with Gasteiger partial charge >= 0.3 is 0 Å². The molecule has 0 radical (unpaired) electrons. The maximum absolute atomic E-state index is 14.6. The van der Waals surface area contributed by atoms with Crippen LogP contribution >= 0.6 is 0 Å². The Morgan fingerprint density at radius 3 is 2.79 bits per heavy atom. The third-order valence-corrected chi connectivity index (χ3v) is 5.53. The zero-order chi connectivity index (χ0) is 20.2. The summed E-state index contributed by atoms with van der Waals surface area (Å²) in [6.45, 7) is 2.26. The third kappa shape index (κ3) is 4.62. The summed E-state index contributed by atoms with van der Waals surface area (Å²) >= 11 is 0. The standard InChI is InChI=1S/C22H27FN4O2/c23-18-13-15(5-6-20(18)27-10-7-16(28)8-11-27)14-25-22(24)26-19-9-12-29-21-4-2-1-3-17(19)21/h1-6,13,16,19,28H,7-12,14H2,(H3,24,25,26). The number of aliphatic hydroxyl groups excluding tert-OH is 1. The van der Waals surface area contributed by atoms with E-state index in [2.05, 4.69) is 10.3 Å². The number of fused-ring (bicyclic) bond motifs is 1. The number of anilines is 1. The molecule has 0 aromatic heterocycles. The first kappa shape index (κ1) is 19.5. The first-order valence-electron chi connectivity index (χ1n) is 10.1. The van der Waals surface area contributed by atoms with Gasteiger partial charge in [0.2, 0.25) is 0 Å². The van der Waals surface area contributed by atoms with Gasteiger partial charge in [-0.15, -0.1) is 0 Å². The number of ether oxygens (including phenoxy) is 1. The number of aliphatic hydroxyl groups is 1. The van der Waals surface area contributed by atoms with Gasteiger partial charge in [-0.2, -0.15) is 0 Å². The number of halogens is 1. The molecule has 2 aliphatic heterocycles. The van der Waals surface area contributed by atoms with Gasteiger partial charge in [0.15, 0.2) is 5.96 Å². The third-order valence-electron chi connectivity index (χ3n) is 5.53. The van der Waals surface area contributed by atoms with Crippen LogP contribution in [0, 0.1) is 5.82 Å². The second-order valence-corrected chi connectivity index (χ2v) is 7.58. The topological polar surface area (TPSA) is 83.1 Å². The Hall–Kier alpha value is -2.80. The fraction of sp³-hybridized carbons (Fsp3) is 0.409. The number of nitrogens with one attached hydrogen (secondary N) is 1. The van der Waals surface area contributed by atoms with Gasteiger partial charge in [-0.1, -0.05) is 24.3 Å². The minimum Gasteiger partial charge on any atom is -0.493 e. The molecule has 2 heterocycles. The van der Waals surface area contributed by atoms with Crippen LogP contribution in [0.1, 0.15) is 36.4 Å². The molecule has 2 aliphatic rings. The minimum absolute atomic E-state index is 0.0530. The van der Waals surface area contributed by atoms with Crippen LogP contribution in [0.5, 0.6) is 5.75 Å².